The number of ether oxygens (including phenoxy) is 1. The molecular formula is C6H12NOP. The molecule has 52 valence electrons. The van der Waals surface area contributed by atoms with E-state index in [1.54, 1.807) is 0 Å². The molecule has 0 aliphatic carbocycles. The highest BCUT2D eigenvalue weighted by atomic mass is 31.0. The summed E-state index contributed by atoms with van der Waals surface area (Å²) in [6, 6.07) is 0. The molecule has 0 fully saturated rings. The number of nitrogens with one attached hydrogen (secondary N) is 1. The average molecular weight is 145 g/mol. The van der Waals surface area contributed by atoms with Crippen LogP contribution in [-0.4, -0.2) is 20.3 Å². The third kappa shape index (κ3) is 1.67. The molecule has 1 aliphatic rings. The Hall–Kier alpha value is -0.0700. The van der Waals surface area contributed by atoms with E-state index in [-0.39, 0.29) is 0 Å². The minimum Gasteiger partial charge on any atom is -0.391 e. The molecule has 0 aromatic heterocycles. The maximum atomic E-state index is 5.20. The van der Waals surface area contributed by atoms with Gasteiger partial charge in [-0.1, -0.05) is 0 Å². The topological polar surface area (TPSA) is 21.3 Å². The van der Waals surface area contributed by atoms with E-state index in [4.69, 9.17) is 4.74 Å². The summed E-state index contributed by atoms with van der Waals surface area (Å²) < 4.78 is 5.20. The van der Waals surface area contributed by atoms with Gasteiger partial charge in [-0.25, -0.2) is 0 Å². The van der Waals surface area contributed by atoms with E-state index in [1.165, 1.54) is 11.0 Å². The van der Waals surface area contributed by atoms with Crippen LogP contribution in [0.3, 0.4) is 0 Å². The number of hydrogen-bond donors (Lipinski definition) is 1. The summed E-state index contributed by atoms with van der Waals surface area (Å²) in [6.07, 6.45) is 1.02. The second kappa shape index (κ2) is 3.19. The smallest absolute Gasteiger partial charge is 0.0732 e. The lowest BCUT2D eigenvalue weighted by Crippen LogP contribution is -2.16. The Balaban J connectivity index is 2.59. The molecule has 2 nitrogen and oxygen atoms in total. The summed E-state index contributed by atoms with van der Waals surface area (Å²) in [5, 5.41) is 4.39. The Kier molecular flexibility index (Phi) is 2.49. The van der Waals surface area contributed by atoms with Crippen molar-refractivity contribution in [3.63, 3.8) is 0 Å². The Morgan fingerprint density at radius 3 is 2.89 bits per heavy atom. The first-order valence-corrected chi connectivity index (χ1v) is 3.65. The van der Waals surface area contributed by atoms with Gasteiger partial charge in [0.05, 0.1) is 13.2 Å². The van der Waals surface area contributed by atoms with Gasteiger partial charge in [0.25, 0.3) is 0 Å². The molecule has 1 unspecified atom stereocenters. The van der Waals surface area contributed by atoms with E-state index in [1.807, 2.05) is 7.05 Å². The van der Waals surface area contributed by atoms with Gasteiger partial charge in [-0.2, -0.15) is 0 Å². The predicted molar refractivity (Wildman–Crippen MR) is 41.2 cm³/mol. The zero-order valence-corrected chi connectivity index (χ0v) is 6.76. The van der Waals surface area contributed by atoms with Gasteiger partial charge in [0, 0.05) is 19.2 Å². The fourth-order valence-electron chi connectivity index (χ4n) is 0.890. The van der Waals surface area contributed by atoms with Crippen molar-refractivity contribution in [1.29, 1.82) is 0 Å². The highest BCUT2D eigenvalue weighted by Crippen LogP contribution is 2.17. The van der Waals surface area contributed by atoms with Crippen molar-refractivity contribution in [3.8, 4) is 0 Å². The van der Waals surface area contributed by atoms with Crippen molar-refractivity contribution in [3.05, 3.63) is 11.0 Å². The number of rotatable bonds is 1. The Bertz CT molecular complexity index is 133. The Labute approximate surface area is 57.9 Å². The van der Waals surface area contributed by atoms with Gasteiger partial charge >= 0.3 is 0 Å². The minimum atomic E-state index is 0.765. The van der Waals surface area contributed by atoms with Gasteiger partial charge < -0.3 is 10.1 Å². The van der Waals surface area contributed by atoms with Crippen molar-refractivity contribution in [2.75, 3.05) is 20.3 Å². The lowest BCUT2D eigenvalue weighted by molar-refractivity contribution is 0.150. The van der Waals surface area contributed by atoms with Crippen molar-refractivity contribution < 1.29 is 4.74 Å². The van der Waals surface area contributed by atoms with Crippen molar-refractivity contribution >= 4 is 9.24 Å². The number of hydrogen-bond acceptors (Lipinski definition) is 2. The van der Waals surface area contributed by atoms with Crippen molar-refractivity contribution in [2.24, 2.45) is 0 Å². The largest absolute Gasteiger partial charge is 0.391 e. The molecule has 0 saturated carbocycles. The summed E-state index contributed by atoms with van der Waals surface area (Å²) in [7, 11) is 4.63. The third-order valence-corrected chi connectivity index (χ3v) is 1.96. The summed E-state index contributed by atoms with van der Waals surface area (Å²) in [5.74, 6) is 0. The van der Waals surface area contributed by atoms with E-state index < -0.39 is 0 Å². The van der Waals surface area contributed by atoms with E-state index in [0.717, 1.165) is 19.6 Å². The first-order chi connectivity index (χ1) is 4.34. The maximum absolute atomic E-state index is 5.20. The molecule has 0 amide bonds. The van der Waals surface area contributed by atoms with E-state index in [0.29, 0.717) is 0 Å². The summed E-state index contributed by atoms with van der Waals surface area (Å²) in [4.78, 5) is 0. The lowest BCUT2D eigenvalue weighted by atomic mass is 10.3. The zero-order valence-electron chi connectivity index (χ0n) is 5.61. The molecule has 0 radical (unpaired) electrons. The predicted octanol–water partition coefficient (Wildman–Crippen LogP) is 0.713. The van der Waals surface area contributed by atoms with Gasteiger partial charge in [0.2, 0.25) is 0 Å². The molecule has 1 rings (SSSR count). The molecule has 0 bridgehead atoms. The van der Waals surface area contributed by atoms with Crippen LogP contribution in [0.15, 0.2) is 11.0 Å². The Morgan fingerprint density at radius 2 is 2.44 bits per heavy atom. The fourth-order valence-corrected chi connectivity index (χ4v) is 1.30. The van der Waals surface area contributed by atoms with Gasteiger partial charge in [-0.05, 0) is 5.31 Å². The molecular weight excluding hydrogens is 133 g/mol. The van der Waals surface area contributed by atoms with E-state index in [2.05, 4.69) is 14.6 Å². The summed E-state index contributed by atoms with van der Waals surface area (Å²) in [5.41, 5.74) is 1.31. The van der Waals surface area contributed by atoms with Crippen LogP contribution in [0.25, 0.3) is 0 Å². The van der Waals surface area contributed by atoms with Gasteiger partial charge in [0.15, 0.2) is 0 Å². The summed E-state index contributed by atoms with van der Waals surface area (Å²) >= 11 is 0. The lowest BCUT2D eigenvalue weighted by Gasteiger charge is -2.17. The highest BCUT2D eigenvalue weighted by molar-refractivity contribution is 7.22. The molecule has 9 heavy (non-hydrogen) atoms. The van der Waals surface area contributed by atoms with Crippen LogP contribution < -0.4 is 5.32 Å². The van der Waals surface area contributed by atoms with Gasteiger partial charge in [-0.15, -0.1) is 9.24 Å². The molecule has 0 aromatic rings. The van der Waals surface area contributed by atoms with Crippen LogP contribution >= 0.6 is 9.24 Å². The minimum absolute atomic E-state index is 0.765. The van der Waals surface area contributed by atoms with Crippen molar-refractivity contribution in [2.45, 2.75) is 6.42 Å². The first kappa shape index (κ1) is 7.04. The average Bonchev–Trinajstić information content (AvgIpc) is 1.89. The van der Waals surface area contributed by atoms with Crippen LogP contribution in [0, 0.1) is 0 Å². The van der Waals surface area contributed by atoms with Crippen molar-refractivity contribution in [1.82, 2.24) is 5.32 Å². The summed E-state index contributed by atoms with van der Waals surface area (Å²) in [6.45, 7) is 1.62. The standard InChI is InChI=1S/C6H12NOP/c1-7-5-2-3-8-4-6(5)9/h7H,2-4,9H2,1H3. The molecule has 1 heterocycles. The van der Waals surface area contributed by atoms with Crippen LogP contribution in [0.4, 0.5) is 0 Å². The van der Waals surface area contributed by atoms with Crippen LogP contribution in [0.5, 0.6) is 0 Å². The molecule has 1 atom stereocenters. The zero-order chi connectivity index (χ0) is 6.69. The van der Waals surface area contributed by atoms with Crippen LogP contribution in [0.1, 0.15) is 6.42 Å². The fraction of sp³-hybridized carbons (Fsp3) is 0.667. The van der Waals surface area contributed by atoms with E-state index in [9.17, 15) is 0 Å². The maximum Gasteiger partial charge on any atom is 0.0732 e. The molecule has 1 aliphatic heterocycles. The van der Waals surface area contributed by atoms with Gasteiger partial charge in [0.1, 0.15) is 0 Å². The second-order valence-corrected chi connectivity index (χ2v) is 2.75. The third-order valence-electron chi connectivity index (χ3n) is 1.44. The van der Waals surface area contributed by atoms with E-state index >= 15 is 0 Å². The molecule has 0 aromatic carbocycles. The first-order valence-electron chi connectivity index (χ1n) is 3.07. The highest BCUT2D eigenvalue weighted by Gasteiger charge is 2.06. The molecule has 0 saturated heterocycles. The molecule has 0 spiro atoms. The normalized spacial score (nSPS) is 20.2. The molecule has 3 heteroatoms. The van der Waals surface area contributed by atoms with Crippen LogP contribution in [-0.2, 0) is 4.74 Å². The quantitative estimate of drug-likeness (QED) is 0.549. The molecule has 1 N–H and O–H groups in total. The van der Waals surface area contributed by atoms with Gasteiger partial charge in [-0.3, -0.25) is 0 Å². The SMILES string of the molecule is CNC1=C(P)COCC1. The second-order valence-electron chi connectivity index (χ2n) is 2.06. The Morgan fingerprint density at radius 1 is 1.67 bits per heavy atom. The monoisotopic (exact) mass is 145 g/mol. The van der Waals surface area contributed by atoms with Crippen LogP contribution in [0.2, 0.25) is 0 Å².